The number of para-hydroxylation sites is 1. The second-order valence-corrected chi connectivity index (χ2v) is 8.28. The van der Waals surface area contributed by atoms with Crippen LogP contribution in [0.4, 0.5) is 10.8 Å². The normalized spacial score (nSPS) is 15.1. The van der Waals surface area contributed by atoms with Crippen molar-refractivity contribution in [2.24, 2.45) is 0 Å². The Balaban J connectivity index is 1.67. The van der Waals surface area contributed by atoms with Crippen LogP contribution in [0.1, 0.15) is 39.0 Å². The van der Waals surface area contributed by atoms with Crippen molar-refractivity contribution in [3.8, 4) is 0 Å². The smallest absolute Gasteiger partial charge is 0.237 e. The average molecular weight is 377 g/mol. The molecule has 25 heavy (non-hydrogen) atoms. The summed E-state index contributed by atoms with van der Waals surface area (Å²) in [4.78, 5) is 15.0. The molecule has 2 aromatic rings. The van der Waals surface area contributed by atoms with Crippen molar-refractivity contribution in [3.63, 3.8) is 0 Å². The van der Waals surface area contributed by atoms with E-state index in [1.165, 1.54) is 42.4 Å². The maximum absolute atomic E-state index is 13.0. The predicted octanol–water partition coefficient (Wildman–Crippen LogP) is 4.43. The number of thioether (sulfide) groups is 1. The minimum Gasteiger partial charge on any atom is -0.360 e. The lowest BCUT2D eigenvalue weighted by atomic mass is 9.93. The third-order valence-corrected chi connectivity index (χ3v) is 6.30. The van der Waals surface area contributed by atoms with E-state index in [-0.39, 0.29) is 5.91 Å². The van der Waals surface area contributed by atoms with Gasteiger partial charge >= 0.3 is 0 Å². The lowest BCUT2D eigenvalue weighted by molar-refractivity contribution is -0.116. The highest BCUT2D eigenvalue weighted by Crippen LogP contribution is 2.30. The first-order valence-electron chi connectivity index (χ1n) is 8.85. The molecule has 1 heterocycles. The minimum absolute atomic E-state index is 0.156. The van der Waals surface area contributed by atoms with E-state index in [0.29, 0.717) is 11.8 Å². The number of carbonyl (C=O) groups excluding carboxylic acids is 1. The van der Waals surface area contributed by atoms with Crippen LogP contribution in [0.25, 0.3) is 0 Å². The maximum atomic E-state index is 13.0. The first-order chi connectivity index (χ1) is 12.3. The summed E-state index contributed by atoms with van der Waals surface area (Å²) in [6.45, 7) is 2.85. The molecule has 1 amide bonds. The second-order valence-electron chi connectivity index (χ2n) is 6.08. The Morgan fingerprint density at radius 2 is 2.00 bits per heavy atom. The average Bonchev–Trinajstić information content (AvgIpc) is 3.10. The van der Waals surface area contributed by atoms with Crippen LogP contribution < -0.4 is 10.2 Å². The van der Waals surface area contributed by atoms with Crippen LogP contribution in [0, 0.1) is 0 Å². The molecule has 1 saturated carbocycles. The summed E-state index contributed by atoms with van der Waals surface area (Å²) < 4.78 is 0.834. The summed E-state index contributed by atoms with van der Waals surface area (Å²) in [7, 11) is 0. The van der Waals surface area contributed by atoms with Crippen LogP contribution in [0.3, 0.4) is 0 Å². The highest BCUT2D eigenvalue weighted by molar-refractivity contribution is 8.01. The Hall–Kier alpha value is -1.60. The highest BCUT2D eigenvalue weighted by atomic mass is 32.2. The largest absolute Gasteiger partial charge is 0.360 e. The van der Waals surface area contributed by atoms with E-state index in [1.54, 1.807) is 0 Å². The molecule has 7 heteroatoms. The molecule has 3 rings (SSSR count). The molecule has 1 aromatic heterocycles. The standard InChI is InChI=1S/C18H24N4OS2/c1-2-19-17-20-21-18(25-17)24-13-16(23)22(14-9-5-3-6-10-14)15-11-7-4-8-12-15/h3,5-6,9-10,15H,2,4,7-8,11-13H2,1H3,(H,19,20). The Morgan fingerprint density at radius 1 is 1.24 bits per heavy atom. The van der Waals surface area contributed by atoms with E-state index in [4.69, 9.17) is 0 Å². The molecule has 1 aliphatic carbocycles. The number of carbonyl (C=O) groups is 1. The van der Waals surface area contributed by atoms with E-state index in [1.807, 2.05) is 42.2 Å². The van der Waals surface area contributed by atoms with Gasteiger partial charge in [-0.3, -0.25) is 4.79 Å². The van der Waals surface area contributed by atoms with E-state index >= 15 is 0 Å². The molecule has 0 spiro atoms. The predicted molar refractivity (Wildman–Crippen MR) is 106 cm³/mol. The van der Waals surface area contributed by atoms with Gasteiger partial charge in [0.15, 0.2) is 4.34 Å². The van der Waals surface area contributed by atoms with Crippen molar-refractivity contribution in [1.29, 1.82) is 0 Å². The third-order valence-electron chi connectivity index (χ3n) is 4.30. The second kappa shape index (κ2) is 9.20. The van der Waals surface area contributed by atoms with Crippen LogP contribution in [0.2, 0.25) is 0 Å². The molecule has 1 fully saturated rings. The van der Waals surface area contributed by atoms with Crippen molar-refractivity contribution >= 4 is 39.8 Å². The number of aromatic nitrogens is 2. The van der Waals surface area contributed by atoms with Gasteiger partial charge in [0, 0.05) is 18.3 Å². The summed E-state index contributed by atoms with van der Waals surface area (Å²) in [5.41, 5.74) is 1.01. The van der Waals surface area contributed by atoms with Crippen molar-refractivity contribution < 1.29 is 4.79 Å². The van der Waals surface area contributed by atoms with Crippen molar-refractivity contribution in [2.45, 2.75) is 49.4 Å². The first kappa shape index (κ1) is 18.2. The fraction of sp³-hybridized carbons (Fsp3) is 0.500. The molecule has 0 unspecified atom stereocenters. The van der Waals surface area contributed by atoms with E-state index < -0.39 is 0 Å². The molecule has 5 nitrogen and oxygen atoms in total. The van der Waals surface area contributed by atoms with Crippen LogP contribution in [-0.4, -0.2) is 34.4 Å². The summed E-state index contributed by atoms with van der Waals surface area (Å²) in [5, 5.41) is 12.2. The molecular formula is C18H24N4OS2. The zero-order chi connectivity index (χ0) is 17.5. The van der Waals surface area contributed by atoms with E-state index in [0.717, 1.165) is 34.5 Å². The number of hydrogen-bond acceptors (Lipinski definition) is 6. The van der Waals surface area contributed by atoms with Gasteiger partial charge in [0.25, 0.3) is 0 Å². The SMILES string of the molecule is CCNc1nnc(SCC(=O)N(c2ccccc2)C2CCCCC2)s1. The first-order valence-corrected chi connectivity index (χ1v) is 10.7. The Bertz CT molecular complexity index is 671. The van der Waals surface area contributed by atoms with Crippen LogP contribution >= 0.6 is 23.1 Å². The topological polar surface area (TPSA) is 58.1 Å². The quantitative estimate of drug-likeness (QED) is 0.725. The maximum Gasteiger partial charge on any atom is 0.237 e. The van der Waals surface area contributed by atoms with Gasteiger partial charge < -0.3 is 10.2 Å². The number of amides is 1. The number of nitrogens with zero attached hydrogens (tertiary/aromatic N) is 3. The molecule has 0 saturated heterocycles. The molecule has 134 valence electrons. The Kier molecular flexibility index (Phi) is 6.69. The molecule has 0 atom stereocenters. The van der Waals surface area contributed by atoms with Crippen LogP contribution in [0.15, 0.2) is 34.7 Å². The third kappa shape index (κ3) is 4.95. The van der Waals surface area contributed by atoms with Gasteiger partial charge in [0.2, 0.25) is 11.0 Å². The Labute approximate surface area is 157 Å². The van der Waals surface area contributed by atoms with Gasteiger partial charge in [-0.05, 0) is 31.9 Å². The molecule has 0 bridgehead atoms. The summed E-state index contributed by atoms with van der Waals surface area (Å²) >= 11 is 2.98. The molecule has 0 radical (unpaired) electrons. The van der Waals surface area contributed by atoms with Crippen molar-refractivity contribution in [1.82, 2.24) is 10.2 Å². The van der Waals surface area contributed by atoms with Gasteiger partial charge in [-0.2, -0.15) is 0 Å². The molecule has 0 aliphatic heterocycles. The fourth-order valence-electron chi connectivity index (χ4n) is 3.17. The van der Waals surface area contributed by atoms with Crippen LogP contribution in [0.5, 0.6) is 0 Å². The fourth-order valence-corrected chi connectivity index (χ4v) is 4.85. The van der Waals surface area contributed by atoms with Gasteiger partial charge in [-0.25, -0.2) is 0 Å². The number of hydrogen-bond donors (Lipinski definition) is 1. The number of benzene rings is 1. The van der Waals surface area contributed by atoms with Gasteiger partial charge in [-0.15, -0.1) is 10.2 Å². The highest BCUT2D eigenvalue weighted by Gasteiger charge is 2.27. The van der Waals surface area contributed by atoms with Gasteiger partial charge in [0.1, 0.15) is 0 Å². The van der Waals surface area contributed by atoms with E-state index in [9.17, 15) is 4.79 Å². The number of nitrogens with one attached hydrogen (secondary N) is 1. The van der Waals surface area contributed by atoms with Gasteiger partial charge in [0.05, 0.1) is 5.75 Å². The Morgan fingerprint density at radius 3 is 2.72 bits per heavy atom. The molecular weight excluding hydrogens is 352 g/mol. The summed E-state index contributed by atoms with van der Waals surface area (Å²) in [6.07, 6.45) is 5.87. The van der Waals surface area contributed by atoms with Crippen molar-refractivity contribution in [2.75, 3.05) is 22.5 Å². The summed E-state index contributed by atoms with van der Waals surface area (Å²) in [5.74, 6) is 0.551. The minimum atomic E-state index is 0.156. The summed E-state index contributed by atoms with van der Waals surface area (Å²) in [6, 6.07) is 10.4. The zero-order valence-corrected chi connectivity index (χ0v) is 16.1. The van der Waals surface area contributed by atoms with E-state index in [2.05, 4.69) is 15.5 Å². The van der Waals surface area contributed by atoms with Crippen molar-refractivity contribution in [3.05, 3.63) is 30.3 Å². The molecule has 1 aromatic carbocycles. The number of rotatable bonds is 7. The zero-order valence-electron chi connectivity index (χ0n) is 14.5. The lowest BCUT2D eigenvalue weighted by Crippen LogP contribution is -2.42. The molecule has 1 aliphatic rings. The number of anilines is 2. The van der Waals surface area contributed by atoms with Gasteiger partial charge in [-0.1, -0.05) is 60.6 Å². The molecule has 1 N–H and O–H groups in total. The monoisotopic (exact) mass is 376 g/mol. The lowest BCUT2D eigenvalue weighted by Gasteiger charge is -2.34. The van der Waals surface area contributed by atoms with Crippen LogP contribution in [-0.2, 0) is 4.79 Å².